The van der Waals surface area contributed by atoms with Crippen LogP contribution in [0.4, 0.5) is 21.5 Å². The van der Waals surface area contributed by atoms with E-state index in [9.17, 15) is 4.39 Å². The molecule has 2 saturated heterocycles. The Hall–Kier alpha value is -1.20. The Morgan fingerprint density at radius 3 is 2.70 bits per heavy atom. The number of nitrogen functional groups attached to an aromatic ring is 2. The summed E-state index contributed by atoms with van der Waals surface area (Å²) in [5, 5.41) is -0.0262. The third-order valence-electron chi connectivity index (χ3n) is 4.36. The molecule has 4 N–H and O–H groups in total. The fourth-order valence-corrected chi connectivity index (χ4v) is 3.53. The molecule has 4 nitrogen and oxygen atoms in total. The van der Waals surface area contributed by atoms with Gasteiger partial charge in [0.2, 0.25) is 0 Å². The maximum atomic E-state index is 14.4. The number of nitrogens with two attached hydrogens (primary N) is 2. The van der Waals surface area contributed by atoms with E-state index in [1.54, 1.807) is 6.07 Å². The lowest BCUT2D eigenvalue weighted by Crippen LogP contribution is -2.37. The molecule has 0 bridgehead atoms. The van der Waals surface area contributed by atoms with Gasteiger partial charge in [-0.3, -0.25) is 4.90 Å². The molecule has 1 atom stereocenters. The lowest BCUT2D eigenvalue weighted by atomic mass is 10.1. The van der Waals surface area contributed by atoms with Crippen molar-refractivity contribution in [3.8, 4) is 0 Å². The van der Waals surface area contributed by atoms with Crippen molar-refractivity contribution in [2.24, 2.45) is 0 Å². The molecule has 2 aliphatic rings. The minimum absolute atomic E-state index is 0.0262. The van der Waals surface area contributed by atoms with Crippen molar-refractivity contribution < 1.29 is 4.39 Å². The number of hydrogen-bond acceptors (Lipinski definition) is 4. The fraction of sp³-hybridized carbons (Fsp3) is 0.571. The molecule has 0 spiro atoms. The standard InChI is InChI=1S/C14H20ClFN4/c15-12-10(17)7-11(18)14(13(12)16)20-6-2-5-19-4-1-3-9(19)8-20/h7,9H,1-6,8,17-18H2. The van der Waals surface area contributed by atoms with Gasteiger partial charge in [-0.25, -0.2) is 4.39 Å². The van der Waals surface area contributed by atoms with Crippen molar-refractivity contribution in [2.75, 3.05) is 42.5 Å². The van der Waals surface area contributed by atoms with Gasteiger partial charge in [-0.1, -0.05) is 11.6 Å². The summed E-state index contributed by atoms with van der Waals surface area (Å²) in [5.74, 6) is -0.490. The largest absolute Gasteiger partial charge is 0.397 e. The minimum Gasteiger partial charge on any atom is -0.397 e. The fourth-order valence-electron chi connectivity index (χ4n) is 3.39. The second-order valence-corrected chi connectivity index (χ2v) is 6.04. The number of nitrogens with zero attached hydrogens (tertiary/aromatic N) is 2. The quantitative estimate of drug-likeness (QED) is 0.781. The number of rotatable bonds is 1. The van der Waals surface area contributed by atoms with Gasteiger partial charge in [-0.15, -0.1) is 0 Å². The number of fused-ring (bicyclic) bond motifs is 1. The Kier molecular flexibility index (Phi) is 3.65. The molecule has 6 heteroatoms. The first-order valence-electron chi connectivity index (χ1n) is 7.10. The van der Waals surface area contributed by atoms with E-state index >= 15 is 0 Å². The Balaban J connectivity index is 1.94. The molecule has 0 saturated carbocycles. The maximum Gasteiger partial charge on any atom is 0.169 e. The maximum absolute atomic E-state index is 14.4. The summed E-state index contributed by atoms with van der Waals surface area (Å²) in [4.78, 5) is 4.53. The molecular weight excluding hydrogens is 279 g/mol. The number of benzene rings is 1. The Bertz CT molecular complexity index is 522. The van der Waals surface area contributed by atoms with E-state index in [1.165, 1.54) is 12.8 Å². The van der Waals surface area contributed by atoms with E-state index < -0.39 is 5.82 Å². The van der Waals surface area contributed by atoms with E-state index in [0.29, 0.717) is 17.4 Å². The molecule has 2 aliphatic heterocycles. The lowest BCUT2D eigenvalue weighted by molar-refractivity contribution is 0.273. The van der Waals surface area contributed by atoms with Crippen molar-refractivity contribution in [2.45, 2.75) is 25.3 Å². The van der Waals surface area contributed by atoms with Crippen LogP contribution in [0.2, 0.25) is 5.02 Å². The predicted octanol–water partition coefficient (Wildman–Crippen LogP) is 2.32. The van der Waals surface area contributed by atoms with Gasteiger partial charge in [-0.2, -0.15) is 0 Å². The van der Waals surface area contributed by atoms with Crippen LogP contribution in [0.3, 0.4) is 0 Å². The zero-order chi connectivity index (χ0) is 14.3. The molecule has 2 heterocycles. The third-order valence-corrected chi connectivity index (χ3v) is 4.74. The molecule has 0 aromatic heterocycles. The highest BCUT2D eigenvalue weighted by atomic mass is 35.5. The van der Waals surface area contributed by atoms with Crippen LogP contribution < -0.4 is 16.4 Å². The van der Waals surface area contributed by atoms with E-state index in [2.05, 4.69) is 4.90 Å². The Morgan fingerprint density at radius 1 is 1.15 bits per heavy atom. The molecule has 0 amide bonds. The van der Waals surface area contributed by atoms with Crippen LogP contribution in [0.25, 0.3) is 0 Å². The van der Waals surface area contributed by atoms with Crippen LogP contribution in [0.5, 0.6) is 0 Å². The average molecular weight is 299 g/mol. The number of anilines is 3. The highest BCUT2D eigenvalue weighted by molar-refractivity contribution is 6.33. The zero-order valence-electron chi connectivity index (χ0n) is 11.4. The van der Waals surface area contributed by atoms with Gasteiger partial charge >= 0.3 is 0 Å². The first-order chi connectivity index (χ1) is 9.58. The zero-order valence-corrected chi connectivity index (χ0v) is 12.2. The van der Waals surface area contributed by atoms with Crippen molar-refractivity contribution in [3.05, 3.63) is 16.9 Å². The second-order valence-electron chi connectivity index (χ2n) is 5.66. The molecule has 1 aromatic carbocycles. The minimum atomic E-state index is -0.490. The summed E-state index contributed by atoms with van der Waals surface area (Å²) >= 11 is 5.93. The van der Waals surface area contributed by atoms with Gasteiger partial charge in [0.05, 0.1) is 17.1 Å². The molecule has 20 heavy (non-hydrogen) atoms. The lowest BCUT2D eigenvalue weighted by Gasteiger charge is -2.29. The highest BCUT2D eigenvalue weighted by Gasteiger charge is 2.31. The Morgan fingerprint density at radius 2 is 1.90 bits per heavy atom. The summed E-state index contributed by atoms with van der Waals surface area (Å²) in [5.41, 5.74) is 12.6. The summed E-state index contributed by atoms with van der Waals surface area (Å²) in [6.45, 7) is 3.83. The molecule has 0 radical (unpaired) electrons. The monoisotopic (exact) mass is 298 g/mol. The van der Waals surface area contributed by atoms with Gasteiger partial charge < -0.3 is 16.4 Å². The van der Waals surface area contributed by atoms with Crippen LogP contribution >= 0.6 is 11.6 Å². The number of halogens is 2. The van der Waals surface area contributed by atoms with Gasteiger partial charge in [0, 0.05) is 25.7 Å². The molecule has 3 rings (SSSR count). The third kappa shape index (κ3) is 2.29. The van der Waals surface area contributed by atoms with Crippen LogP contribution in [-0.2, 0) is 0 Å². The van der Waals surface area contributed by atoms with Crippen LogP contribution in [0.1, 0.15) is 19.3 Å². The Labute approximate surface area is 123 Å². The van der Waals surface area contributed by atoms with Crippen molar-refractivity contribution >= 4 is 28.7 Å². The van der Waals surface area contributed by atoms with Crippen LogP contribution in [0.15, 0.2) is 6.07 Å². The highest BCUT2D eigenvalue weighted by Crippen LogP contribution is 2.37. The van der Waals surface area contributed by atoms with Crippen molar-refractivity contribution in [1.29, 1.82) is 0 Å². The van der Waals surface area contributed by atoms with Gasteiger partial charge in [0.25, 0.3) is 0 Å². The van der Waals surface area contributed by atoms with Crippen molar-refractivity contribution in [1.82, 2.24) is 4.90 Å². The molecule has 1 unspecified atom stereocenters. The predicted molar refractivity (Wildman–Crippen MR) is 81.7 cm³/mol. The topological polar surface area (TPSA) is 58.5 Å². The smallest absolute Gasteiger partial charge is 0.169 e. The molecule has 1 aromatic rings. The molecule has 110 valence electrons. The second kappa shape index (κ2) is 5.30. The summed E-state index contributed by atoms with van der Waals surface area (Å²) in [7, 11) is 0. The van der Waals surface area contributed by atoms with Crippen LogP contribution in [-0.4, -0.2) is 37.1 Å². The van der Waals surface area contributed by atoms with Crippen LogP contribution in [0, 0.1) is 5.82 Å². The molecular formula is C14H20ClFN4. The summed E-state index contributed by atoms with van der Waals surface area (Å²) in [6.07, 6.45) is 3.40. The van der Waals surface area contributed by atoms with Crippen molar-refractivity contribution in [3.63, 3.8) is 0 Å². The van der Waals surface area contributed by atoms with Gasteiger partial charge in [0.1, 0.15) is 5.02 Å². The SMILES string of the molecule is Nc1cc(N)c(N2CCCN3CCCC3C2)c(F)c1Cl. The first kappa shape index (κ1) is 13.8. The van der Waals surface area contributed by atoms with Gasteiger partial charge in [-0.05, 0) is 31.9 Å². The summed E-state index contributed by atoms with van der Waals surface area (Å²) < 4.78 is 14.4. The first-order valence-corrected chi connectivity index (χ1v) is 7.47. The molecule has 0 aliphatic carbocycles. The van der Waals surface area contributed by atoms with E-state index in [0.717, 1.165) is 32.6 Å². The van der Waals surface area contributed by atoms with E-state index in [-0.39, 0.29) is 10.7 Å². The normalized spacial score (nSPS) is 23.7. The van der Waals surface area contributed by atoms with Gasteiger partial charge in [0.15, 0.2) is 5.82 Å². The number of hydrogen-bond donors (Lipinski definition) is 2. The average Bonchev–Trinajstić information content (AvgIpc) is 2.75. The van der Waals surface area contributed by atoms with E-state index in [4.69, 9.17) is 23.1 Å². The summed E-state index contributed by atoms with van der Waals surface area (Å²) in [6, 6.07) is 2.05. The molecule has 2 fully saturated rings. The van der Waals surface area contributed by atoms with E-state index in [1.807, 2.05) is 4.90 Å².